The van der Waals surface area contributed by atoms with Crippen LogP contribution in [0.4, 0.5) is 0 Å². The van der Waals surface area contributed by atoms with Crippen LogP contribution >= 0.6 is 24.0 Å². The van der Waals surface area contributed by atoms with Crippen molar-refractivity contribution in [2.24, 2.45) is 16.1 Å². The first-order chi connectivity index (χ1) is 7.37. The summed E-state index contributed by atoms with van der Waals surface area (Å²) < 4.78 is 5.56. The van der Waals surface area contributed by atoms with Crippen molar-refractivity contribution in [1.82, 2.24) is 5.32 Å². The van der Waals surface area contributed by atoms with Gasteiger partial charge in [0.1, 0.15) is 0 Å². The van der Waals surface area contributed by atoms with Crippen LogP contribution < -0.4 is 11.1 Å². The maximum Gasteiger partial charge on any atom is 0.188 e. The van der Waals surface area contributed by atoms with Gasteiger partial charge >= 0.3 is 0 Å². The van der Waals surface area contributed by atoms with Gasteiger partial charge in [0, 0.05) is 25.1 Å². The lowest BCUT2D eigenvalue weighted by Gasteiger charge is -2.59. The molecule has 2 unspecified atom stereocenters. The Morgan fingerprint density at radius 1 is 1.47 bits per heavy atom. The quantitative estimate of drug-likeness (QED) is 0.461. The standard InChI is InChI=1S/C12H25N3O.HI/c1-6-7-14-10(13)15-9-8-12(4,16-5)11(9,2)3;/h9H,6-8H2,1-5H3,(H3,13,14,15);1H. The summed E-state index contributed by atoms with van der Waals surface area (Å²) in [6.07, 6.45) is 1.99. The Morgan fingerprint density at radius 3 is 2.47 bits per heavy atom. The zero-order chi connectivity index (χ0) is 12.4. The van der Waals surface area contributed by atoms with Crippen LogP contribution in [0.1, 0.15) is 40.5 Å². The van der Waals surface area contributed by atoms with E-state index in [1.165, 1.54) is 0 Å². The summed E-state index contributed by atoms with van der Waals surface area (Å²) in [7, 11) is 1.77. The average molecular weight is 355 g/mol. The Balaban J connectivity index is 0.00000256. The summed E-state index contributed by atoms with van der Waals surface area (Å²) in [6, 6.07) is 0.345. The van der Waals surface area contributed by atoms with E-state index in [4.69, 9.17) is 10.5 Å². The van der Waals surface area contributed by atoms with E-state index >= 15 is 0 Å². The van der Waals surface area contributed by atoms with Gasteiger partial charge in [0.05, 0.1) is 5.60 Å². The smallest absolute Gasteiger partial charge is 0.188 e. The molecule has 3 N–H and O–H groups in total. The monoisotopic (exact) mass is 355 g/mol. The molecular weight excluding hydrogens is 329 g/mol. The third-order valence-electron chi connectivity index (χ3n) is 4.11. The first-order valence-corrected chi connectivity index (χ1v) is 5.99. The van der Waals surface area contributed by atoms with Crippen molar-refractivity contribution in [2.45, 2.75) is 52.2 Å². The number of nitrogens with two attached hydrogens (primary N) is 1. The topological polar surface area (TPSA) is 59.6 Å². The molecule has 0 aromatic carbocycles. The second-order valence-electron chi connectivity index (χ2n) is 5.32. The highest BCUT2D eigenvalue weighted by Gasteiger charge is 2.57. The second kappa shape index (κ2) is 6.22. The minimum atomic E-state index is -0.0598. The fourth-order valence-electron chi connectivity index (χ4n) is 2.18. The van der Waals surface area contributed by atoms with Crippen LogP contribution in [-0.4, -0.2) is 31.3 Å². The van der Waals surface area contributed by atoms with E-state index in [-0.39, 0.29) is 35.0 Å². The molecule has 0 spiro atoms. The molecule has 1 aliphatic rings. The first-order valence-electron chi connectivity index (χ1n) is 5.99. The Kier molecular flexibility index (Phi) is 6.21. The Morgan fingerprint density at radius 2 is 2.06 bits per heavy atom. The predicted octanol–water partition coefficient (Wildman–Crippen LogP) is 2.12. The minimum Gasteiger partial charge on any atom is -0.378 e. The van der Waals surface area contributed by atoms with Gasteiger partial charge in [-0.05, 0) is 19.8 Å². The van der Waals surface area contributed by atoms with E-state index in [0.29, 0.717) is 12.0 Å². The summed E-state index contributed by atoms with van der Waals surface area (Å²) in [5.74, 6) is 0.554. The van der Waals surface area contributed by atoms with Gasteiger partial charge in [-0.2, -0.15) is 0 Å². The highest BCUT2D eigenvalue weighted by atomic mass is 127. The number of halogens is 1. The van der Waals surface area contributed by atoms with Gasteiger partial charge in [-0.1, -0.05) is 20.8 Å². The van der Waals surface area contributed by atoms with Crippen LogP contribution in [0.25, 0.3) is 0 Å². The minimum absolute atomic E-state index is 0. The van der Waals surface area contributed by atoms with Gasteiger partial charge in [0.2, 0.25) is 0 Å². The van der Waals surface area contributed by atoms with Gasteiger partial charge in [-0.25, -0.2) is 0 Å². The number of nitrogens with zero attached hydrogens (tertiary/aromatic N) is 1. The maximum absolute atomic E-state index is 5.82. The highest BCUT2D eigenvalue weighted by molar-refractivity contribution is 14.0. The van der Waals surface area contributed by atoms with Crippen molar-refractivity contribution in [3.8, 4) is 0 Å². The van der Waals surface area contributed by atoms with Gasteiger partial charge in [0.15, 0.2) is 5.96 Å². The molecule has 0 bridgehead atoms. The molecule has 5 heteroatoms. The summed E-state index contributed by atoms with van der Waals surface area (Å²) >= 11 is 0. The van der Waals surface area contributed by atoms with Crippen LogP contribution in [-0.2, 0) is 4.74 Å². The zero-order valence-electron chi connectivity index (χ0n) is 11.5. The highest BCUT2D eigenvalue weighted by Crippen LogP contribution is 2.51. The fraction of sp³-hybridized carbons (Fsp3) is 0.917. The van der Waals surface area contributed by atoms with Crippen LogP contribution in [0.2, 0.25) is 0 Å². The summed E-state index contributed by atoms with van der Waals surface area (Å²) in [6.45, 7) is 9.42. The predicted molar refractivity (Wildman–Crippen MR) is 82.9 cm³/mol. The van der Waals surface area contributed by atoms with Crippen LogP contribution in [0.5, 0.6) is 0 Å². The summed E-state index contributed by atoms with van der Waals surface area (Å²) in [5.41, 5.74) is 5.84. The molecule has 0 aromatic rings. The van der Waals surface area contributed by atoms with E-state index < -0.39 is 0 Å². The molecule has 1 fully saturated rings. The number of methoxy groups -OCH3 is 1. The van der Waals surface area contributed by atoms with Gasteiger partial charge in [0.25, 0.3) is 0 Å². The first kappa shape index (κ1) is 17.0. The normalized spacial score (nSPS) is 31.4. The molecule has 17 heavy (non-hydrogen) atoms. The second-order valence-corrected chi connectivity index (χ2v) is 5.32. The van der Waals surface area contributed by atoms with Gasteiger partial charge in [-0.15, -0.1) is 24.0 Å². The zero-order valence-corrected chi connectivity index (χ0v) is 13.9. The third-order valence-corrected chi connectivity index (χ3v) is 4.11. The Hall–Kier alpha value is -0.0400. The SMILES string of the molecule is CCCN=C(N)NC1CC(C)(OC)C1(C)C.I. The van der Waals surface area contributed by atoms with Crippen LogP contribution in [0, 0.1) is 5.41 Å². The molecule has 4 nitrogen and oxygen atoms in total. The fourth-order valence-corrected chi connectivity index (χ4v) is 2.18. The molecule has 102 valence electrons. The number of aliphatic imine (C=N–C) groups is 1. The summed E-state index contributed by atoms with van der Waals surface area (Å²) in [5, 5.41) is 3.28. The number of rotatable bonds is 4. The molecule has 0 radical (unpaired) electrons. The molecule has 1 aliphatic carbocycles. The lowest BCUT2D eigenvalue weighted by Crippen LogP contribution is -2.69. The molecule has 0 aromatic heterocycles. The number of hydrogen-bond donors (Lipinski definition) is 2. The molecule has 0 amide bonds. The summed E-state index contributed by atoms with van der Waals surface area (Å²) in [4.78, 5) is 4.25. The van der Waals surface area contributed by atoms with Crippen molar-refractivity contribution >= 4 is 29.9 Å². The molecule has 0 aliphatic heterocycles. The largest absolute Gasteiger partial charge is 0.378 e. The van der Waals surface area contributed by atoms with Crippen molar-refractivity contribution in [1.29, 1.82) is 0 Å². The lowest BCUT2D eigenvalue weighted by molar-refractivity contribution is -0.176. The van der Waals surface area contributed by atoms with E-state index in [1.54, 1.807) is 7.11 Å². The van der Waals surface area contributed by atoms with E-state index in [1.807, 2.05) is 0 Å². The number of hydrogen-bond acceptors (Lipinski definition) is 2. The molecule has 1 saturated carbocycles. The molecule has 2 atom stereocenters. The van der Waals surface area contributed by atoms with Crippen molar-refractivity contribution in [3.05, 3.63) is 0 Å². The number of ether oxygens (including phenoxy) is 1. The molecule has 0 heterocycles. The maximum atomic E-state index is 5.82. The lowest BCUT2D eigenvalue weighted by atomic mass is 9.56. The Bertz CT molecular complexity index is 281. The van der Waals surface area contributed by atoms with E-state index in [9.17, 15) is 0 Å². The van der Waals surface area contributed by atoms with Crippen molar-refractivity contribution in [3.63, 3.8) is 0 Å². The third kappa shape index (κ3) is 3.24. The van der Waals surface area contributed by atoms with Gasteiger partial charge in [-0.3, -0.25) is 4.99 Å². The van der Waals surface area contributed by atoms with Crippen LogP contribution in [0.3, 0.4) is 0 Å². The Labute approximate surface area is 122 Å². The number of nitrogens with one attached hydrogen (secondary N) is 1. The van der Waals surface area contributed by atoms with Crippen molar-refractivity contribution < 1.29 is 4.74 Å². The number of guanidine groups is 1. The molecule has 1 rings (SSSR count). The average Bonchev–Trinajstić information content (AvgIpc) is 2.25. The van der Waals surface area contributed by atoms with Crippen molar-refractivity contribution in [2.75, 3.05) is 13.7 Å². The van der Waals surface area contributed by atoms with E-state index in [0.717, 1.165) is 19.4 Å². The van der Waals surface area contributed by atoms with E-state index in [2.05, 4.69) is 38.0 Å². The van der Waals surface area contributed by atoms with Gasteiger partial charge < -0.3 is 15.8 Å². The molecule has 0 saturated heterocycles. The van der Waals surface area contributed by atoms with Crippen LogP contribution in [0.15, 0.2) is 4.99 Å². The molecular formula is C12H26IN3O.